The van der Waals surface area contributed by atoms with Crippen LogP contribution in [0.5, 0.6) is 0 Å². The normalized spacial score (nSPS) is 12.0. The molecule has 3 aromatic heterocycles. The average Bonchev–Trinajstić information content (AvgIpc) is 3.41. The number of hydrogen-bond acceptors (Lipinski definition) is 9. The van der Waals surface area contributed by atoms with E-state index in [0.29, 0.717) is 34.1 Å². The fourth-order valence-electron chi connectivity index (χ4n) is 3.93. The maximum Gasteiger partial charge on any atom is 0.343 e. The van der Waals surface area contributed by atoms with Crippen molar-refractivity contribution in [2.24, 2.45) is 0 Å². The second kappa shape index (κ2) is 9.40. The SMILES string of the molecule is Cc1oc(=O)c2ccc(Nc3cc(N[C@H](CO)c4ccccc4)c(-c4nnco4)cn3)cc2c1C. The number of aryl methyl sites for hydroxylation is 2. The van der Waals surface area contributed by atoms with Crippen molar-refractivity contribution in [1.82, 2.24) is 15.2 Å². The van der Waals surface area contributed by atoms with Gasteiger partial charge in [-0.15, -0.1) is 10.2 Å². The van der Waals surface area contributed by atoms with Crippen LogP contribution in [0.25, 0.3) is 22.2 Å². The number of pyridine rings is 1. The van der Waals surface area contributed by atoms with E-state index in [0.717, 1.165) is 22.2 Å². The highest BCUT2D eigenvalue weighted by Crippen LogP contribution is 2.32. The molecule has 3 heterocycles. The molecule has 35 heavy (non-hydrogen) atoms. The van der Waals surface area contributed by atoms with E-state index in [-0.39, 0.29) is 18.3 Å². The molecule has 1 atom stereocenters. The zero-order valence-corrected chi connectivity index (χ0v) is 19.1. The number of nitrogens with one attached hydrogen (secondary N) is 2. The Labute approximate surface area is 200 Å². The minimum atomic E-state index is -0.362. The highest BCUT2D eigenvalue weighted by molar-refractivity contribution is 5.88. The molecule has 0 saturated carbocycles. The molecule has 3 N–H and O–H groups in total. The van der Waals surface area contributed by atoms with Gasteiger partial charge in [-0.3, -0.25) is 0 Å². The van der Waals surface area contributed by atoms with Crippen LogP contribution in [0.15, 0.2) is 80.8 Å². The van der Waals surface area contributed by atoms with Gasteiger partial charge < -0.3 is 24.6 Å². The second-order valence-corrected chi connectivity index (χ2v) is 8.11. The first-order valence-electron chi connectivity index (χ1n) is 11.0. The lowest BCUT2D eigenvalue weighted by atomic mass is 10.1. The largest absolute Gasteiger partial charge is 0.427 e. The molecular weight excluding hydrogens is 446 g/mol. The number of aliphatic hydroxyl groups is 1. The minimum absolute atomic E-state index is 0.121. The second-order valence-electron chi connectivity index (χ2n) is 8.11. The molecule has 0 aliphatic carbocycles. The molecule has 9 nitrogen and oxygen atoms in total. The van der Waals surface area contributed by atoms with Crippen LogP contribution < -0.4 is 16.3 Å². The van der Waals surface area contributed by atoms with Gasteiger partial charge in [-0.05, 0) is 48.6 Å². The Morgan fingerprint density at radius 2 is 1.89 bits per heavy atom. The topological polar surface area (TPSA) is 126 Å². The van der Waals surface area contributed by atoms with Gasteiger partial charge in [-0.25, -0.2) is 9.78 Å². The zero-order valence-electron chi connectivity index (χ0n) is 19.1. The van der Waals surface area contributed by atoms with E-state index >= 15 is 0 Å². The Morgan fingerprint density at radius 1 is 1.06 bits per heavy atom. The Balaban J connectivity index is 1.52. The standard InChI is InChI=1S/C26H23N5O4/c1-15-16(2)35-26(33)19-9-8-18(10-20(15)19)29-24-11-22(21(12-27-24)25-31-28-14-34-25)30-23(13-32)17-6-4-3-5-7-17/h3-12,14,23,32H,13H2,1-2H3,(H2,27,29,30)/t23-/m1/s1. The van der Waals surface area contributed by atoms with Crippen molar-refractivity contribution in [3.63, 3.8) is 0 Å². The van der Waals surface area contributed by atoms with E-state index < -0.39 is 0 Å². The van der Waals surface area contributed by atoms with Crippen molar-refractivity contribution in [3.8, 4) is 11.5 Å². The summed E-state index contributed by atoms with van der Waals surface area (Å²) in [5, 5.41) is 25.8. The van der Waals surface area contributed by atoms with E-state index in [2.05, 4.69) is 25.8 Å². The molecule has 2 aromatic carbocycles. The third-order valence-corrected chi connectivity index (χ3v) is 5.90. The van der Waals surface area contributed by atoms with Gasteiger partial charge >= 0.3 is 5.63 Å². The summed E-state index contributed by atoms with van der Waals surface area (Å²) in [5.41, 5.74) is 3.49. The summed E-state index contributed by atoms with van der Waals surface area (Å²) in [6.45, 7) is 3.57. The smallest absolute Gasteiger partial charge is 0.343 e. The van der Waals surface area contributed by atoms with Crippen LogP contribution in [0, 0.1) is 13.8 Å². The first kappa shape index (κ1) is 22.3. The van der Waals surface area contributed by atoms with Gasteiger partial charge in [0.05, 0.1) is 29.3 Å². The zero-order chi connectivity index (χ0) is 24.4. The highest BCUT2D eigenvalue weighted by atomic mass is 16.4. The lowest BCUT2D eigenvalue weighted by Crippen LogP contribution is -2.15. The van der Waals surface area contributed by atoms with Gasteiger partial charge in [0.1, 0.15) is 11.6 Å². The fourth-order valence-corrected chi connectivity index (χ4v) is 3.93. The van der Waals surface area contributed by atoms with Crippen LogP contribution in [-0.2, 0) is 0 Å². The predicted molar refractivity (Wildman–Crippen MR) is 133 cm³/mol. The Hall–Kier alpha value is -4.50. The van der Waals surface area contributed by atoms with Crippen molar-refractivity contribution >= 4 is 28.0 Å². The molecule has 0 fully saturated rings. The Bertz CT molecular complexity index is 1530. The van der Waals surface area contributed by atoms with Gasteiger partial charge in [0.15, 0.2) is 0 Å². The minimum Gasteiger partial charge on any atom is -0.427 e. The van der Waals surface area contributed by atoms with Gasteiger partial charge in [0.2, 0.25) is 6.39 Å². The lowest BCUT2D eigenvalue weighted by molar-refractivity contribution is 0.276. The quantitative estimate of drug-likeness (QED) is 0.310. The third-order valence-electron chi connectivity index (χ3n) is 5.90. The van der Waals surface area contributed by atoms with Crippen molar-refractivity contribution < 1.29 is 13.9 Å². The van der Waals surface area contributed by atoms with E-state index in [4.69, 9.17) is 8.83 Å². The maximum atomic E-state index is 12.2. The van der Waals surface area contributed by atoms with Gasteiger partial charge in [-0.1, -0.05) is 30.3 Å². The molecule has 0 spiro atoms. The van der Waals surface area contributed by atoms with Crippen LogP contribution in [-0.4, -0.2) is 26.9 Å². The van der Waals surface area contributed by atoms with E-state index in [1.54, 1.807) is 25.3 Å². The molecule has 176 valence electrons. The van der Waals surface area contributed by atoms with Crippen LogP contribution in [0.1, 0.15) is 22.9 Å². The number of hydrogen-bond donors (Lipinski definition) is 3. The van der Waals surface area contributed by atoms with Gasteiger partial charge in [0, 0.05) is 18.0 Å². The van der Waals surface area contributed by atoms with E-state index in [1.807, 2.05) is 49.4 Å². The first-order valence-corrected chi connectivity index (χ1v) is 11.0. The van der Waals surface area contributed by atoms with Crippen molar-refractivity contribution in [1.29, 1.82) is 0 Å². The number of aliphatic hydroxyl groups excluding tert-OH is 1. The van der Waals surface area contributed by atoms with Crippen molar-refractivity contribution in [3.05, 3.63) is 94.5 Å². The van der Waals surface area contributed by atoms with E-state index in [9.17, 15) is 9.90 Å². The maximum absolute atomic E-state index is 12.2. The third kappa shape index (κ3) is 4.49. The average molecular weight is 470 g/mol. The summed E-state index contributed by atoms with van der Waals surface area (Å²) in [4.78, 5) is 16.7. The Morgan fingerprint density at radius 3 is 2.63 bits per heavy atom. The van der Waals surface area contributed by atoms with Gasteiger partial charge in [0.25, 0.3) is 5.89 Å². The first-order chi connectivity index (χ1) is 17.0. The van der Waals surface area contributed by atoms with Crippen LogP contribution in [0.2, 0.25) is 0 Å². The molecule has 0 amide bonds. The molecule has 9 heteroatoms. The monoisotopic (exact) mass is 469 g/mol. The molecule has 0 unspecified atom stereocenters. The summed E-state index contributed by atoms with van der Waals surface area (Å²) in [6, 6.07) is 16.5. The molecule has 0 aliphatic heterocycles. The summed E-state index contributed by atoms with van der Waals surface area (Å²) < 4.78 is 10.7. The highest BCUT2D eigenvalue weighted by Gasteiger charge is 2.17. The van der Waals surface area contributed by atoms with Crippen LogP contribution in [0.4, 0.5) is 17.2 Å². The fraction of sp³-hybridized carbons (Fsp3) is 0.154. The summed E-state index contributed by atoms with van der Waals surface area (Å²) in [6.07, 6.45) is 2.88. The van der Waals surface area contributed by atoms with Crippen LogP contribution in [0.3, 0.4) is 0 Å². The molecule has 5 rings (SSSR count). The van der Waals surface area contributed by atoms with E-state index in [1.165, 1.54) is 6.39 Å². The molecule has 5 aromatic rings. The number of fused-ring (bicyclic) bond motifs is 1. The van der Waals surface area contributed by atoms with Crippen LogP contribution >= 0.6 is 0 Å². The number of anilines is 3. The molecular formula is C26H23N5O4. The number of rotatable bonds is 7. The Kier molecular flexibility index (Phi) is 5.99. The molecule has 0 radical (unpaired) electrons. The summed E-state index contributed by atoms with van der Waals surface area (Å²) in [7, 11) is 0. The summed E-state index contributed by atoms with van der Waals surface area (Å²) >= 11 is 0. The molecule has 0 saturated heterocycles. The predicted octanol–water partition coefficient (Wildman–Crippen LogP) is 4.74. The number of aromatic nitrogens is 3. The van der Waals surface area contributed by atoms with Gasteiger partial charge in [-0.2, -0.15) is 0 Å². The number of nitrogens with zero attached hydrogens (tertiary/aromatic N) is 3. The lowest BCUT2D eigenvalue weighted by Gasteiger charge is -2.20. The van der Waals surface area contributed by atoms with Crippen molar-refractivity contribution in [2.45, 2.75) is 19.9 Å². The molecule has 0 bridgehead atoms. The van der Waals surface area contributed by atoms with Crippen molar-refractivity contribution in [2.75, 3.05) is 17.2 Å². The number of benzene rings is 2. The summed E-state index contributed by atoms with van der Waals surface area (Å²) in [5.74, 6) is 1.45. The molecule has 0 aliphatic rings.